The Kier molecular flexibility index (Phi) is 4.89. The van der Waals surface area contributed by atoms with Crippen LogP contribution >= 0.6 is 16.8 Å². The zero-order valence-corrected chi connectivity index (χ0v) is 12.1. The quantitative estimate of drug-likeness (QED) is 0.687. The van der Waals surface area contributed by atoms with Crippen LogP contribution in [0.4, 0.5) is 0 Å². The van der Waals surface area contributed by atoms with E-state index >= 15 is 0 Å². The summed E-state index contributed by atoms with van der Waals surface area (Å²) in [5.74, 6) is 0. The highest BCUT2D eigenvalue weighted by molar-refractivity contribution is 7.63. The fourth-order valence-corrected chi connectivity index (χ4v) is 7.50. The third kappa shape index (κ3) is 2.71. The highest BCUT2D eigenvalue weighted by Gasteiger charge is 2.41. The van der Waals surface area contributed by atoms with E-state index in [1.807, 2.05) is 0 Å². The van der Waals surface area contributed by atoms with Crippen molar-refractivity contribution in [1.29, 1.82) is 0 Å². The minimum atomic E-state index is -2.39. The SMILES string of the molecule is O=P(OP)(C1CCCCC1)C1CCCCC1. The van der Waals surface area contributed by atoms with Gasteiger partial charge in [0.1, 0.15) is 0 Å². The van der Waals surface area contributed by atoms with Crippen LogP contribution in [0.3, 0.4) is 0 Å². The van der Waals surface area contributed by atoms with Crippen molar-refractivity contribution in [2.24, 2.45) is 0 Å². The lowest BCUT2D eigenvalue weighted by Gasteiger charge is -2.36. The first-order chi connectivity index (χ1) is 7.77. The summed E-state index contributed by atoms with van der Waals surface area (Å²) in [7, 11) is -0.0834. The Hall–Kier alpha value is 0.620. The van der Waals surface area contributed by atoms with Crippen molar-refractivity contribution in [2.75, 3.05) is 0 Å². The second-order valence-electron chi connectivity index (χ2n) is 5.33. The Balaban J connectivity index is 2.06. The third-order valence-electron chi connectivity index (χ3n) is 4.33. The fraction of sp³-hybridized carbons (Fsp3) is 1.00. The molecule has 0 aromatic carbocycles. The van der Waals surface area contributed by atoms with E-state index in [1.165, 1.54) is 38.5 Å². The molecule has 0 N–H and O–H groups in total. The second kappa shape index (κ2) is 5.98. The normalized spacial score (nSPS) is 25.8. The topological polar surface area (TPSA) is 26.3 Å². The summed E-state index contributed by atoms with van der Waals surface area (Å²) >= 11 is 0. The van der Waals surface area contributed by atoms with Gasteiger partial charge in [-0.3, -0.25) is 4.57 Å². The zero-order valence-electron chi connectivity index (χ0n) is 10.1. The molecule has 2 rings (SSSR count). The van der Waals surface area contributed by atoms with Crippen molar-refractivity contribution in [3.8, 4) is 0 Å². The molecule has 16 heavy (non-hydrogen) atoms. The number of rotatable bonds is 3. The molecule has 0 aromatic rings. The van der Waals surface area contributed by atoms with Gasteiger partial charge in [0.2, 0.25) is 7.37 Å². The molecule has 4 heteroatoms. The first-order valence-corrected chi connectivity index (χ1v) is 8.98. The van der Waals surface area contributed by atoms with Gasteiger partial charge in [0.25, 0.3) is 0 Å². The lowest BCUT2D eigenvalue weighted by atomic mass is 10.00. The molecule has 0 radical (unpaired) electrons. The molecule has 2 nitrogen and oxygen atoms in total. The highest BCUT2D eigenvalue weighted by Crippen LogP contribution is 2.64. The molecule has 0 bridgehead atoms. The highest BCUT2D eigenvalue weighted by atomic mass is 31.2. The van der Waals surface area contributed by atoms with E-state index in [-0.39, 0.29) is 0 Å². The summed E-state index contributed by atoms with van der Waals surface area (Å²) < 4.78 is 18.5. The van der Waals surface area contributed by atoms with Crippen LogP contribution in [-0.2, 0) is 8.88 Å². The predicted molar refractivity (Wildman–Crippen MR) is 72.1 cm³/mol. The van der Waals surface area contributed by atoms with Gasteiger partial charge < -0.3 is 4.31 Å². The Labute approximate surface area is 102 Å². The smallest absolute Gasteiger partial charge is 0.211 e. The molecule has 0 aliphatic heterocycles. The molecule has 1 unspecified atom stereocenters. The first-order valence-electron chi connectivity index (χ1n) is 6.75. The molecule has 0 heterocycles. The van der Waals surface area contributed by atoms with Crippen LogP contribution in [0.2, 0.25) is 0 Å². The summed E-state index contributed by atoms with van der Waals surface area (Å²) in [6.07, 6.45) is 12.1. The Morgan fingerprint density at radius 3 is 1.50 bits per heavy atom. The molecule has 2 aliphatic rings. The van der Waals surface area contributed by atoms with Crippen LogP contribution in [0.1, 0.15) is 64.2 Å². The maximum absolute atomic E-state index is 13.0. The fourth-order valence-electron chi connectivity index (χ4n) is 3.35. The second-order valence-corrected chi connectivity index (χ2v) is 8.93. The van der Waals surface area contributed by atoms with Gasteiger partial charge in [-0.15, -0.1) is 0 Å². The van der Waals surface area contributed by atoms with Crippen LogP contribution in [0.15, 0.2) is 0 Å². The van der Waals surface area contributed by atoms with E-state index in [0.29, 0.717) is 11.3 Å². The van der Waals surface area contributed by atoms with E-state index < -0.39 is 7.37 Å². The molecule has 2 aliphatic carbocycles. The molecule has 94 valence electrons. The van der Waals surface area contributed by atoms with Crippen molar-refractivity contribution < 1.29 is 8.88 Å². The molecule has 2 fully saturated rings. The monoisotopic (exact) mass is 262 g/mol. The Morgan fingerprint density at radius 1 is 0.812 bits per heavy atom. The Morgan fingerprint density at radius 2 is 1.19 bits per heavy atom. The van der Waals surface area contributed by atoms with Gasteiger partial charge in [0, 0.05) is 20.8 Å². The maximum atomic E-state index is 13.0. The average molecular weight is 262 g/mol. The first kappa shape index (κ1) is 13.1. The van der Waals surface area contributed by atoms with Gasteiger partial charge >= 0.3 is 0 Å². The number of hydrogen-bond donors (Lipinski definition) is 0. The summed E-state index contributed by atoms with van der Waals surface area (Å²) in [6, 6.07) is 0. The van der Waals surface area contributed by atoms with Crippen LogP contribution in [0.25, 0.3) is 0 Å². The van der Waals surface area contributed by atoms with E-state index in [9.17, 15) is 4.57 Å². The summed E-state index contributed by atoms with van der Waals surface area (Å²) in [5.41, 5.74) is 0.726. The largest absolute Gasteiger partial charge is 0.312 e. The average Bonchev–Trinajstić information content (AvgIpc) is 2.40. The summed E-state index contributed by atoms with van der Waals surface area (Å²) in [4.78, 5) is 0. The van der Waals surface area contributed by atoms with Crippen LogP contribution < -0.4 is 0 Å². The molecule has 0 amide bonds. The van der Waals surface area contributed by atoms with Crippen LogP contribution in [0.5, 0.6) is 0 Å². The maximum Gasteiger partial charge on any atom is 0.211 e. The molecule has 2 saturated carbocycles. The van der Waals surface area contributed by atoms with Gasteiger partial charge in [-0.25, -0.2) is 0 Å². The molecular weight excluding hydrogens is 238 g/mol. The van der Waals surface area contributed by atoms with E-state index in [2.05, 4.69) is 9.47 Å². The minimum absolute atomic E-state index is 0.363. The van der Waals surface area contributed by atoms with Crippen LogP contribution in [0, 0.1) is 0 Å². The molecular formula is C12H24O2P2. The summed E-state index contributed by atoms with van der Waals surface area (Å²) in [6.45, 7) is 0. The van der Waals surface area contributed by atoms with Crippen molar-refractivity contribution in [3.05, 3.63) is 0 Å². The van der Waals surface area contributed by atoms with E-state index in [0.717, 1.165) is 25.7 Å². The molecule has 0 saturated heterocycles. The molecule has 1 atom stereocenters. The van der Waals surface area contributed by atoms with Gasteiger partial charge in [-0.1, -0.05) is 38.5 Å². The van der Waals surface area contributed by atoms with Crippen molar-refractivity contribution in [3.63, 3.8) is 0 Å². The molecule has 0 aromatic heterocycles. The Bertz CT molecular complexity index is 234. The summed E-state index contributed by atoms with van der Waals surface area (Å²) in [5, 5.41) is 0. The third-order valence-corrected chi connectivity index (χ3v) is 8.72. The molecule has 0 spiro atoms. The van der Waals surface area contributed by atoms with Crippen molar-refractivity contribution in [2.45, 2.75) is 75.5 Å². The lowest BCUT2D eigenvalue weighted by Crippen LogP contribution is -2.23. The van der Waals surface area contributed by atoms with E-state index in [1.54, 1.807) is 0 Å². The van der Waals surface area contributed by atoms with Gasteiger partial charge in [-0.2, -0.15) is 0 Å². The van der Waals surface area contributed by atoms with E-state index in [4.69, 9.17) is 4.31 Å². The zero-order chi connectivity index (χ0) is 11.4. The predicted octanol–water partition coefficient (Wildman–Crippen LogP) is 4.74. The number of hydrogen-bond acceptors (Lipinski definition) is 2. The van der Waals surface area contributed by atoms with Gasteiger partial charge in [-0.05, 0) is 25.7 Å². The van der Waals surface area contributed by atoms with Crippen molar-refractivity contribution >= 4 is 16.8 Å². The standard InChI is InChI=1S/C12H24O2P2/c13-16(14-15,11-7-3-1-4-8-11)12-9-5-2-6-10-12/h11-12H,1-10,15H2. The van der Waals surface area contributed by atoms with Crippen molar-refractivity contribution in [1.82, 2.24) is 0 Å². The lowest BCUT2D eigenvalue weighted by molar-refractivity contribution is 0.404. The minimum Gasteiger partial charge on any atom is -0.312 e. The van der Waals surface area contributed by atoms with Crippen LogP contribution in [-0.4, -0.2) is 11.3 Å². The van der Waals surface area contributed by atoms with Gasteiger partial charge in [0.05, 0.1) is 0 Å². The van der Waals surface area contributed by atoms with Gasteiger partial charge in [0.15, 0.2) is 0 Å².